The topological polar surface area (TPSA) is 179 Å². The predicted molar refractivity (Wildman–Crippen MR) is 155 cm³/mol. The van der Waals surface area contributed by atoms with E-state index in [4.69, 9.17) is 20.2 Å². The second kappa shape index (κ2) is 17.1. The normalized spacial score (nSPS) is 14.2. The quantitative estimate of drug-likeness (QED) is 0.147. The molecule has 4 rings (SSSR count). The van der Waals surface area contributed by atoms with Crippen LogP contribution in [0.2, 0.25) is 0 Å². The molecule has 0 saturated carbocycles. The van der Waals surface area contributed by atoms with Crippen LogP contribution in [0.1, 0.15) is 42.1 Å². The van der Waals surface area contributed by atoms with E-state index in [-0.39, 0.29) is 22.0 Å². The van der Waals surface area contributed by atoms with Gasteiger partial charge in [-0.1, -0.05) is 30.3 Å². The number of halogens is 1. The van der Waals surface area contributed by atoms with Crippen molar-refractivity contribution in [1.82, 2.24) is 4.90 Å². The maximum Gasteiger partial charge on any atom is 0.407 e. The van der Waals surface area contributed by atoms with E-state index in [2.05, 4.69) is 9.19 Å². The van der Waals surface area contributed by atoms with Crippen LogP contribution < -0.4 is 15.4 Å². The fourth-order valence-corrected chi connectivity index (χ4v) is 5.32. The summed E-state index contributed by atoms with van der Waals surface area (Å²) in [7, 11) is 0. The molecule has 0 radical (unpaired) electrons. The van der Waals surface area contributed by atoms with Gasteiger partial charge in [0.05, 0.1) is 0 Å². The predicted octanol–water partition coefficient (Wildman–Crippen LogP) is 3.64. The first kappa shape index (κ1) is 34.2. The minimum atomic E-state index is -4.76. The van der Waals surface area contributed by atoms with Gasteiger partial charge in [0, 0.05) is 18.7 Å². The number of rotatable bonds is 7. The summed E-state index contributed by atoms with van der Waals surface area (Å²) in [5, 5.41) is 19.5. The number of primary amides is 1. The van der Waals surface area contributed by atoms with Crippen LogP contribution in [0.3, 0.4) is 0 Å². The van der Waals surface area contributed by atoms with E-state index in [1.165, 1.54) is 48.2 Å². The summed E-state index contributed by atoms with van der Waals surface area (Å²) >= 11 is -4.76. The maximum absolute atomic E-state index is 12.7. The van der Waals surface area contributed by atoms with Crippen LogP contribution in [0.15, 0.2) is 78.9 Å². The molecule has 1 atom stereocenters. The zero-order valence-corrected chi connectivity index (χ0v) is 24.9. The molecule has 1 fully saturated rings. The molecule has 6 N–H and O–H groups in total. The molecule has 1 aliphatic heterocycles. The second-order valence-corrected chi connectivity index (χ2v) is 13.0. The molecule has 1 unspecified atom stereocenters. The first-order chi connectivity index (χ1) is 19.9. The number of carbonyl (C=O) groups is 3. The Morgan fingerprint density at radius 1 is 1.00 bits per heavy atom. The van der Waals surface area contributed by atoms with Crippen LogP contribution in [0, 0.1) is 11.7 Å². The molecule has 226 valence electrons. The minimum Gasteiger partial charge on any atom is -0.465 e. The molecule has 3 amide bonds. The molecule has 13 heteroatoms. The van der Waals surface area contributed by atoms with E-state index in [0.29, 0.717) is 30.3 Å². The fourth-order valence-electron chi connectivity index (χ4n) is 4.02. The third-order valence-corrected chi connectivity index (χ3v) is 8.78. The molecule has 0 aliphatic carbocycles. The van der Waals surface area contributed by atoms with E-state index >= 15 is 0 Å². The van der Waals surface area contributed by atoms with Gasteiger partial charge in [-0.2, -0.15) is 0 Å². The van der Waals surface area contributed by atoms with Gasteiger partial charge in [0.2, 0.25) is 5.91 Å². The van der Waals surface area contributed by atoms with Crippen molar-refractivity contribution in [3.63, 3.8) is 0 Å². The van der Waals surface area contributed by atoms with Crippen molar-refractivity contribution in [2.45, 2.75) is 32.6 Å². The van der Waals surface area contributed by atoms with Crippen molar-refractivity contribution < 1.29 is 40.8 Å². The maximum atomic E-state index is 12.7. The fraction of sp³-hybridized carbons (Fsp3) is 0.276. The number of anilines is 1. The van der Waals surface area contributed by atoms with Gasteiger partial charge in [-0.3, -0.25) is 4.79 Å². The molecule has 0 aromatic heterocycles. The number of hydrogen-bond donors (Lipinski definition) is 5. The van der Waals surface area contributed by atoms with Crippen LogP contribution in [0.25, 0.3) is 0 Å². The molecule has 1 heterocycles. The number of nitrogens with zero attached hydrogens (tertiary/aromatic N) is 1. The van der Waals surface area contributed by atoms with E-state index in [0.717, 1.165) is 31.2 Å². The van der Waals surface area contributed by atoms with E-state index in [9.17, 15) is 22.5 Å². The molecular weight excluding hydrogens is 612 g/mol. The summed E-state index contributed by atoms with van der Waals surface area (Å²) in [6, 6.07) is 20.9. The monoisotopic (exact) mass is 647 g/mol. The summed E-state index contributed by atoms with van der Waals surface area (Å²) in [6.45, 7) is 2.64. The summed E-state index contributed by atoms with van der Waals surface area (Å²) in [4.78, 5) is 33.3. The van der Waals surface area contributed by atoms with Crippen LogP contribution in [0.5, 0.6) is 0 Å². The van der Waals surface area contributed by atoms with E-state index in [1.54, 1.807) is 24.3 Å². The molecule has 11 nitrogen and oxygen atoms in total. The molecular formula is C29H35AsFN3O8. The number of benzene rings is 3. The number of carbonyl (C=O) groups excluding carboxylic acids is 2. The van der Waals surface area contributed by atoms with Gasteiger partial charge in [0.15, 0.2) is 0 Å². The van der Waals surface area contributed by atoms with Gasteiger partial charge in [0.1, 0.15) is 5.82 Å². The third kappa shape index (κ3) is 12.3. The van der Waals surface area contributed by atoms with Gasteiger partial charge in [-0.05, 0) is 61.4 Å². The summed E-state index contributed by atoms with van der Waals surface area (Å²) < 4.78 is 36.6. The number of carboxylic acid groups (broad SMARTS) is 1. The summed E-state index contributed by atoms with van der Waals surface area (Å²) in [5.41, 5.74) is 7.18. The number of nitrogens with one attached hydrogen (secondary N) is 1. The van der Waals surface area contributed by atoms with Crippen molar-refractivity contribution >= 4 is 42.1 Å². The average molecular weight is 648 g/mol. The molecule has 0 bridgehead atoms. The molecule has 42 heavy (non-hydrogen) atoms. The Bertz CT molecular complexity index is 1330. The summed E-state index contributed by atoms with van der Waals surface area (Å²) in [5.74, 6) is -0.228. The van der Waals surface area contributed by atoms with Crippen molar-refractivity contribution in [3.8, 4) is 0 Å². The number of nitrogens with two attached hydrogens (primary N) is 1. The molecule has 0 spiro atoms. The number of amides is 3. The smallest absolute Gasteiger partial charge is 0.407 e. The van der Waals surface area contributed by atoms with Crippen LogP contribution >= 0.6 is 0 Å². The van der Waals surface area contributed by atoms with Crippen LogP contribution in [-0.2, 0) is 18.8 Å². The standard InChI is InChI=1S/C14H18FNO2.C8H10AsNO5.C7H7NO/c15-13-5-3-11(4-6-13)1-2-12-7-9-16(10-8-12)14(17)18;1-6(11)10-8-4-2-7(3-5-8)9(12,13)15-14;8-7(9)6-4-2-1-3-5-6/h3-6,12H,1-2,7-10H2,(H,17,18);2-5,14H,1H3,(H,10,11)(H,12,13);1-5H,(H2,8,9). The zero-order chi connectivity index (χ0) is 31.1. The largest absolute Gasteiger partial charge is 0.465 e. The SMILES string of the molecule is CC(=O)Nc1ccc([As](=O)(O)OO)cc1.NC(=O)c1ccccc1.O=C(O)N1CCC(CCc2ccc(F)cc2)CC1. The second-order valence-electron chi connectivity index (χ2n) is 9.44. The molecule has 1 aliphatic rings. The number of hydrogen-bond acceptors (Lipinski definition) is 6. The Kier molecular flexibility index (Phi) is 13.9. The molecule has 3 aromatic rings. The average Bonchev–Trinajstić information content (AvgIpc) is 2.98. The van der Waals surface area contributed by atoms with Crippen molar-refractivity contribution in [2.24, 2.45) is 11.7 Å². The van der Waals surface area contributed by atoms with Crippen molar-refractivity contribution in [2.75, 3.05) is 18.4 Å². The zero-order valence-electron chi connectivity index (χ0n) is 23.1. The first-order valence-corrected chi connectivity index (χ1v) is 16.3. The molecule has 1 saturated heterocycles. The Morgan fingerprint density at radius 3 is 2.02 bits per heavy atom. The number of piperidine rings is 1. The Morgan fingerprint density at radius 2 is 1.57 bits per heavy atom. The van der Waals surface area contributed by atoms with Crippen molar-refractivity contribution in [3.05, 3.63) is 95.8 Å². The Labute approximate surface area is 246 Å². The minimum absolute atomic E-state index is 0.00438. The number of aryl methyl sites for hydroxylation is 1. The first-order valence-electron chi connectivity index (χ1n) is 13.0. The molecule has 3 aromatic carbocycles. The van der Waals surface area contributed by atoms with Gasteiger partial charge in [-0.25, -0.2) is 9.18 Å². The van der Waals surface area contributed by atoms with Crippen LogP contribution in [-0.4, -0.2) is 64.5 Å². The van der Waals surface area contributed by atoms with Gasteiger partial charge in [0.25, 0.3) is 0 Å². The van der Waals surface area contributed by atoms with E-state index in [1.807, 2.05) is 18.2 Å². The van der Waals surface area contributed by atoms with Crippen LogP contribution in [0.4, 0.5) is 14.9 Å². The van der Waals surface area contributed by atoms with E-state index < -0.39 is 20.3 Å². The van der Waals surface area contributed by atoms with Crippen molar-refractivity contribution in [1.29, 1.82) is 0 Å². The van der Waals surface area contributed by atoms with Gasteiger partial charge < -0.3 is 15.7 Å². The Balaban J connectivity index is 0.000000232. The third-order valence-electron chi connectivity index (χ3n) is 6.32. The van der Waals surface area contributed by atoms with Gasteiger partial charge >= 0.3 is 94.5 Å². The number of likely N-dealkylation sites (tertiary alicyclic amines) is 1. The summed E-state index contributed by atoms with van der Waals surface area (Å²) in [6.07, 6.45) is 3.06. The Hall–Kier alpha value is -3.96. The van der Waals surface area contributed by atoms with Gasteiger partial charge in [-0.15, -0.1) is 0 Å².